The minimum absolute atomic E-state index is 0.0690. The molecule has 0 spiro atoms. The quantitative estimate of drug-likeness (QED) is 0.833. The second kappa shape index (κ2) is 4.94. The minimum atomic E-state index is -5.15. The molecule has 1 atom stereocenters. The van der Waals surface area contributed by atoms with Gasteiger partial charge in [0, 0.05) is 6.92 Å². The van der Waals surface area contributed by atoms with E-state index in [0.717, 1.165) is 0 Å². The average molecular weight is 308 g/mol. The number of halogens is 3. The number of hydrogen-bond donors (Lipinski definition) is 1. The van der Waals surface area contributed by atoms with Crippen LogP contribution >= 0.6 is 11.3 Å². The standard InChI is InChI=1S/C10H7F3N2O4S/c1-3(16)14-9-15-4-2-19-6(5(17)7(4)20-9)8(18)10(11,12)13/h6H,2H2,1H3,(H,14,15,16). The van der Waals surface area contributed by atoms with Crippen molar-refractivity contribution in [3.8, 4) is 0 Å². The first-order chi connectivity index (χ1) is 9.20. The summed E-state index contributed by atoms with van der Waals surface area (Å²) in [5.74, 6) is -3.78. The van der Waals surface area contributed by atoms with Crippen molar-refractivity contribution >= 4 is 33.9 Å². The van der Waals surface area contributed by atoms with Gasteiger partial charge >= 0.3 is 6.18 Å². The normalized spacial score (nSPS) is 18.6. The van der Waals surface area contributed by atoms with Gasteiger partial charge < -0.3 is 10.1 Å². The number of carbonyl (C=O) groups excluding carboxylic acids is 3. The highest BCUT2D eigenvalue weighted by Crippen LogP contribution is 2.32. The molecule has 2 heterocycles. The Morgan fingerprint density at radius 1 is 1.45 bits per heavy atom. The molecule has 20 heavy (non-hydrogen) atoms. The zero-order valence-corrected chi connectivity index (χ0v) is 10.7. The first-order valence-corrected chi connectivity index (χ1v) is 6.06. The van der Waals surface area contributed by atoms with Gasteiger partial charge in [-0.05, 0) is 0 Å². The Labute approximate surface area is 113 Å². The molecule has 1 amide bonds. The maximum Gasteiger partial charge on any atom is 0.453 e. The van der Waals surface area contributed by atoms with Gasteiger partial charge in [0.1, 0.15) is 4.88 Å². The molecule has 1 aliphatic heterocycles. The van der Waals surface area contributed by atoms with Gasteiger partial charge in [0.25, 0.3) is 5.78 Å². The number of anilines is 1. The molecule has 0 radical (unpaired) electrons. The lowest BCUT2D eigenvalue weighted by Gasteiger charge is -2.20. The van der Waals surface area contributed by atoms with Crippen LogP contribution in [0.1, 0.15) is 22.3 Å². The van der Waals surface area contributed by atoms with Crippen molar-refractivity contribution in [3.05, 3.63) is 10.6 Å². The fourth-order valence-corrected chi connectivity index (χ4v) is 2.52. The molecule has 0 aliphatic carbocycles. The van der Waals surface area contributed by atoms with Crippen LogP contribution in [0.5, 0.6) is 0 Å². The van der Waals surface area contributed by atoms with Crippen LogP contribution in [0.3, 0.4) is 0 Å². The van der Waals surface area contributed by atoms with Gasteiger partial charge in [-0.3, -0.25) is 14.4 Å². The predicted octanol–water partition coefficient (Wildman–Crippen LogP) is 1.31. The third-order valence-electron chi connectivity index (χ3n) is 2.35. The van der Waals surface area contributed by atoms with Gasteiger partial charge in [0.2, 0.25) is 11.7 Å². The lowest BCUT2D eigenvalue weighted by molar-refractivity contribution is -0.180. The minimum Gasteiger partial charge on any atom is -0.355 e. The van der Waals surface area contributed by atoms with Crippen molar-refractivity contribution in [1.29, 1.82) is 0 Å². The summed E-state index contributed by atoms with van der Waals surface area (Å²) >= 11 is 0.711. The van der Waals surface area contributed by atoms with Crippen molar-refractivity contribution in [2.24, 2.45) is 0 Å². The van der Waals surface area contributed by atoms with Crippen molar-refractivity contribution < 1.29 is 32.3 Å². The number of rotatable bonds is 2. The highest BCUT2D eigenvalue weighted by Gasteiger charge is 2.49. The monoisotopic (exact) mass is 308 g/mol. The summed E-state index contributed by atoms with van der Waals surface area (Å²) in [6, 6.07) is 0. The van der Waals surface area contributed by atoms with Crippen molar-refractivity contribution in [1.82, 2.24) is 4.98 Å². The molecule has 0 saturated heterocycles. The molecule has 1 aliphatic rings. The Morgan fingerprint density at radius 2 is 2.10 bits per heavy atom. The van der Waals surface area contributed by atoms with Gasteiger partial charge in [0.15, 0.2) is 11.2 Å². The molecular weight excluding hydrogens is 301 g/mol. The van der Waals surface area contributed by atoms with Crippen molar-refractivity contribution in [2.75, 3.05) is 5.32 Å². The number of hydrogen-bond acceptors (Lipinski definition) is 6. The summed E-state index contributed by atoms with van der Waals surface area (Å²) in [5.41, 5.74) is 0.106. The average Bonchev–Trinajstić information content (AvgIpc) is 2.70. The Bertz CT molecular complexity index is 596. The van der Waals surface area contributed by atoms with Crippen molar-refractivity contribution in [3.63, 3.8) is 0 Å². The first kappa shape index (κ1) is 14.6. The van der Waals surface area contributed by atoms with E-state index in [9.17, 15) is 27.6 Å². The van der Waals surface area contributed by atoms with Gasteiger partial charge in [0.05, 0.1) is 12.3 Å². The molecule has 2 rings (SSSR count). The fourth-order valence-electron chi connectivity index (χ4n) is 1.55. The van der Waals surface area contributed by atoms with Crippen LogP contribution in [-0.2, 0) is 20.9 Å². The highest BCUT2D eigenvalue weighted by molar-refractivity contribution is 7.17. The molecule has 1 N–H and O–H groups in total. The predicted molar refractivity (Wildman–Crippen MR) is 60.4 cm³/mol. The molecule has 1 aromatic rings. The van der Waals surface area contributed by atoms with E-state index in [4.69, 9.17) is 0 Å². The molecule has 0 aromatic carbocycles. The van der Waals surface area contributed by atoms with Gasteiger partial charge in [-0.2, -0.15) is 13.2 Å². The summed E-state index contributed by atoms with van der Waals surface area (Å²) < 4.78 is 41.6. The van der Waals surface area contributed by atoms with Gasteiger partial charge in [-0.1, -0.05) is 11.3 Å². The van der Waals surface area contributed by atoms with Gasteiger partial charge in [-0.15, -0.1) is 0 Å². The second-order valence-corrected chi connectivity index (χ2v) is 4.89. The number of ether oxygens (including phenoxy) is 1. The molecule has 0 bridgehead atoms. The Hall–Kier alpha value is -1.81. The number of Topliss-reactive ketones (excluding diaryl/α,β-unsaturated/α-hetero) is 2. The Kier molecular flexibility index (Phi) is 3.61. The summed E-state index contributed by atoms with van der Waals surface area (Å²) in [6.45, 7) is 0.818. The Morgan fingerprint density at radius 3 is 2.65 bits per heavy atom. The number of fused-ring (bicyclic) bond motifs is 1. The maximum atomic E-state index is 12.3. The lowest BCUT2D eigenvalue weighted by atomic mass is 10.1. The van der Waals surface area contributed by atoms with Crippen LogP contribution in [0.2, 0.25) is 0 Å². The number of ketones is 2. The van der Waals surface area contributed by atoms with Crippen LogP contribution in [0, 0.1) is 0 Å². The molecule has 1 unspecified atom stereocenters. The third kappa shape index (κ3) is 2.70. The molecule has 108 valence electrons. The van der Waals surface area contributed by atoms with Crippen LogP contribution in [-0.4, -0.2) is 34.7 Å². The van der Waals surface area contributed by atoms with E-state index >= 15 is 0 Å². The zero-order chi connectivity index (χ0) is 15.1. The van der Waals surface area contributed by atoms with E-state index in [1.54, 1.807) is 0 Å². The van der Waals surface area contributed by atoms with E-state index in [0.29, 0.717) is 11.3 Å². The van der Waals surface area contributed by atoms with Gasteiger partial charge in [-0.25, -0.2) is 4.98 Å². The number of amides is 1. The van der Waals surface area contributed by atoms with E-state index in [2.05, 4.69) is 15.0 Å². The molecule has 0 saturated carbocycles. The number of aromatic nitrogens is 1. The summed E-state index contributed by atoms with van der Waals surface area (Å²) in [7, 11) is 0. The largest absolute Gasteiger partial charge is 0.453 e. The van der Waals surface area contributed by atoms with Crippen LogP contribution < -0.4 is 5.32 Å². The maximum absolute atomic E-state index is 12.3. The smallest absolute Gasteiger partial charge is 0.355 e. The first-order valence-electron chi connectivity index (χ1n) is 5.24. The molecule has 0 fully saturated rings. The highest BCUT2D eigenvalue weighted by atomic mass is 32.1. The van der Waals surface area contributed by atoms with E-state index in [1.807, 2.05) is 0 Å². The molecular formula is C10H7F3N2O4S. The van der Waals surface area contributed by atoms with Crippen LogP contribution in [0.25, 0.3) is 0 Å². The topological polar surface area (TPSA) is 85.4 Å². The van der Waals surface area contributed by atoms with E-state index < -0.39 is 36.4 Å². The zero-order valence-electron chi connectivity index (χ0n) is 9.91. The number of alkyl halides is 3. The number of nitrogens with one attached hydrogen (secondary N) is 1. The number of thiazole rings is 1. The third-order valence-corrected chi connectivity index (χ3v) is 3.37. The summed E-state index contributed by atoms with van der Waals surface area (Å²) in [5, 5.41) is 2.38. The number of nitrogens with zero attached hydrogens (tertiary/aromatic N) is 1. The van der Waals surface area contributed by atoms with E-state index in [1.165, 1.54) is 6.92 Å². The van der Waals surface area contributed by atoms with E-state index in [-0.39, 0.29) is 15.7 Å². The summed E-state index contributed by atoms with van der Waals surface area (Å²) in [4.78, 5) is 37.5. The Balaban J connectivity index is 2.27. The summed E-state index contributed by atoms with van der Waals surface area (Å²) in [6.07, 6.45) is -7.35. The lowest BCUT2D eigenvalue weighted by Crippen LogP contribution is -2.43. The van der Waals surface area contributed by atoms with Crippen LogP contribution in [0.4, 0.5) is 18.3 Å². The molecule has 10 heteroatoms. The molecule has 1 aromatic heterocycles. The van der Waals surface area contributed by atoms with Crippen LogP contribution in [0.15, 0.2) is 0 Å². The van der Waals surface area contributed by atoms with Crippen molar-refractivity contribution in [2.45, 2.75) is 25.8 Å². The molecule has 6 nitrogen and oxygen atoms in total. The SMILES string of the molecule is CC(=O)Nc1nc2c(s1)C(=O)C(C(=O)C(F)(F)F)OC2. The second-order valence-electron chi connectivity index (χ2n) is 3.89. The number of carbonyl (C=O) groups is 3. The fraction of sp³-hybridized carbons (Fsp3) is 0.400.